The summed E-state index contributed by atoms with van der Waals surface area (Å²) in [5, 5.41) is 0. The molecule has 0 spiro atoms. The maximum atomic E-state index is 5.23. The monoisotopic (exact) mass is 729 g/mol. The molecular formula is C33H38Cl2FeIN3. The minimum atomic E-state index is 0.194. The molecule has 5 rings (SSSR count). The summed E-state index contributed by atoms with van der Waals surface area (Å²) in [6, 6.07) is 15.9. The SMILES string of the molecule is CCCCCc1cc(CCCC)cc(N=C2CCc3cc4c(nc32)C(=Nc2cc(C)cc(I)c2)CC4)c1.[Cl][Fe][Cl]. The van der Waals surface area contributed by atoms with Crippen LogP contribution in [0.1, 0.15) is 98.0 Å². The van der Waals surface area contributed by atoms with Crippen LogP contribution in [0, 0.1) is 10.5 Å². The quantitative estimate of drug-likeness (QED) is 0.123. The number of unbranched alkanes of at least 4 members (excludes halogenated alkanes) is 3. The van der Waals surface area contributed by atoms with Crippen LogP contribution in [-0.2, 0) is 38.8 Å². The molecule has 0 bridgehead atoms. The van der Waals surface area contributed by atoms with Crippen LogP contribution >= 0.6 is 42.8 Å². The Morgan fingerprint density at radius 1 is 0.725 bits per heavy atom. The summed E-state index contributed by atoms with van der Waals surface area (Å²) in [7, 11) is 9.53. The third-order valence-electron chi connectivity index (χ3n) is 7.47. The van der Waals surface area contributed by atoms with Crippen molar-refractivity contribution in [3.8, 4) is 0 Å². The topological polar surface area (TPSA) is 37.6 Å². The number of pyridine rings is 1. The first kappa shape index (κ1) is 31.7. The number of halogens is 3. The first-order valence-corrected chi connectivity index (χ1v) is 18.5. The van der Waals surface area contributed by atoms with Gasteiger partial charge in [-0.1, -0.05) is 45.2 Å². The van der Waals surface area contributed by atoms with Crippen molar-refractivity contribution in [2.45, 2.75) is 91.4 Å². The van der Waals surface area contributed by atoms with Crippen LogP contribution in [-0.4, -0.2) is 16.4 Å². The Bertz CT molecular complexity index is 1370. The van der Waals surface area contributed by atoms with Gasteiger partial charge in [0.1, 0.15) is 0 Å². The third-order valence-corrected chi connectivity index (χ3v) is 8.09. The Morgan fingerprint density at radius 2 is 1.27 bits per heavy atom. The molecule has 0 radical (unpaired) electrons. The van der Waals surface area contributed by atoms with Gasteiger partial charge in [-0.15, -0.1) is 0 Å². The molecule has 2 aliphatic carbocycles. The fourth-order valence-electron chi connectivity index (χ4n) is 5.59. The van der Waals surface area contributed by atoms with Gasteiger partial charge in [0.15, 0.2) is 0 Å². The van der Waals surface area contributed by atoms with Crippen LogP contribution in [0.3, 0.4) is 0 Å². The molecule has 3 aromatic rings. The number of aryl methyl sites for hydroxylation is 5. The molecule has 3 nitrogen and oxygen atoms in total. The van der Waals surface area contributed by atoms with E-state index in [1.54, 1.807) is 0 Å². The van der Waals surface area contributed by atoms with E-state index in [4.69, 9.17) is 35.2 Å². The Labute approximate surface area is 268 Å². The second-order valence-electron chi connectivity index (χ2n) is 10.7. The van der Waals surface area contributed by atoms with Crippen molar-refractivity contribution in [1.82, 2.24) is 4.98 Å². The number of fused-ring (bicyclic) bond motifs is 2. The normalized spacial score (nSPS) is 15.8. The third kappa shape index (κ3) is 8.64. The molecule has 2 aromatic carbocycles. The van der Waals surface area contributed by atoms with Crippen LogP contribution in [0.5, 0.6) is 0 Å². The van der Waals surface area contributed by atoms with E-state index < -0.39 is 0 Å². The molecule has 0 saturated carbocycles. The summed E-state index contributed by atoms with van der Waals surface area (Å²) in [5.74, 6) is 0. The molecule has 2 aliphatic rings. The van der Waals surface area contributed by atoms with Gasteiger partial charge in [0.05, 0.1) is 34.2 Å². The van der Waals surface area contributed by atoms with Gasteiger partial charge in [-0.3, -0.25) is 9.98 Å². The second-order valence-corrected chi connectivity index (χ2v) is 13.8. The van der Waals surface area contributed by atoms with Crippen molar-refractivity contribution < 1.29 is 13.1 Å². The number of hydrogen-bond acceptors (Lipinski definition) is 3. The molecule has 1 heterocycles. The number of aromatic nitrogens is 1. The van der Waals surface area contributed by atoms with Crippen molar-refractivity contribution in [2.75, 3.05) is 0 Å². The molecule has 7 heteroatoms. The second kappa shape index (κ2) is 15.8. The fraction of sp³-hybridized carbons (Fsp3) is 0.424. The Morgan fingerprint density at radius 3 is 1.82 bits per heavy atom. The molecule has 0 unspecified atom stereocenters. The fourth-order valence-corrected chi connectivity index (χ4v) is 6.40. The molecule has 214 valence electrons. The van der Waals surface area contributed by atoms with Gasteiger partial charge in [-0.25, -0.2) is 4.98 Å². The Kier molecular flexibility index (Phi) is 12.5. The molecule has 40 heavy (non-hydrogen) atoms. The van der Waals surface area contributed by atoms with Crippen LogP contribution in [0.15, 0.2) is 52.4 Å². The molecule has 0 aliphatic heterocycles. The van der Waals surface area contributed by atoms with Crippen LogP contribution in [0.2, 0.25) is 0 Å². The first-order chi connectivity index (χ1) is 19.4. The zero-order valence-electron chi connectivity index (χ0n) is 23.6. The molecule has 0 amide bonds. The van der Waals surface area contributed by atoms with Crippen molar-refractivity contribution in [3.63, 3.8) is 0 Å². The van der Waals surface area contributed by atoms with E-state index in [1.165, 1.54) is 63.5 Å². The van der Waals surface area contributed by atoms with E-state index in [2.05, 4.69) is 85.8 Å². The van der Waals surface area contributed by atoms with Crippen molar-refractivity contribution in [3.05, 3.63) is 85.2 Å². The number of aliphatic imine (C=N–C) groups is 2. The van der Waals surface area contributed by atoms with Crippen molar-refractivity contribution in [1.29, 1.82) is 0 Å². The molecule has 0 saturated heterocycles. The number of rotatable bonds is 9. The maximum absolute atomic E-state index is 5.23. The van der Waals surface area contributed by atoms with Crippen molar-refractivity contribution >= 4 is 65.6 Å². The van der Waals surface area contributed by atoms with E-state index in [0.29, 0.717) is 0 Å². The van der Waals surface area contributed by atoms with E-state index in [1.807, 2.05) is 0 Å². The summed E-state index contributed by atoms with van der Waals surface area (Å²) < 4.78 is 1.22. The van der Waals surface area contributed by atoms with Gasteiger partial charge in [0.25, 0.3) is 0 Å². The first-order valence-electron chi connectivity index (χ1n) is 14.4. The standard InChI is InChI=1S/C33H38IN3.2ClH.Fe/c1-4-6-8-10-24-17-23(9-7-5-2)18-29(19-24)36-31-14-12-26-20-25-11-13-30(32(25)37-33(26)31)35-28-16-22(3)15-27(34)21-28;;;/h15-21H,4-14H2,1-3H3;2*1H;/q;;;+2/p-2. The van der Waals surface area contributed by atoms with E-state index >= 15 is 0 Å². The molecule has 0 fully saturated rings. The summed E-state index contributed by atoms with van der Waals surface area (Å²) in [6.45, 7) is 6.67. The molecule has 0 N–H and O–H groups in total. The van der Waals surface area contributed by atoms with Crippen LogP contribution < -0.4 is 0 Å². The van der Waals surface area contributed by atoms with Gasteiger partial charge in [-0.2, -0.15) is 0 Å². The van der Waals surface area contributed by atoms with Gasteiger partial charge >= 0.3 is 33.3 Å². The number of hydrogen-bond donors (Lipinski definition) is 0. The van der Waals surface area contributed by atoms with Gasteiger partial charge in [0.2, 0.25) is 0 Å². The molecule has 1 aromatic heterocycles. The molecular weight excluding hydrogens is 692 g/mol. The van der Waals surface area contributed by atoms with E-state index in [9.17, 15) is 0 Å². The zero-order valence-corrected chi connectivity index (χ0v) is 28.4. The van der Waals surface area contributed by atoms with Gasteiger partial charge in [0, 0.05) is 3.57 Å². The minimum absolute atomic E-state index is 0.194. The molecule has 0 atom stereocenters. The number of nitrogens with zero attached hydrogens (tertiary/aromatic N) is 3. The van der Waals surface area contributed by atoms with Gasteiger partial charge in [-0.05, 0) is 139 Å². The summed E-state index contributed by atoms with van der Waals surface area (Å²) in [4.78, 5) is 15.5. The zero-order chi connectivity index (χ0) is 28.5. The predicted molar refractivity (Wildman–Crippen MR) is 177 cm³/mol. The summed E-state index contributed by atoms with van der Waals surface area (Å²) >= 11 is 2.57. The predicted octanol–water partition coefficient (Wildman–Crippen LogP) is 10.6. The average molecular weight is 730 g/mol. The van der Waals surface area contributed by atoms with Gasteiger partial charge < -0.3 is 0 Å². The van der Waals surface area contributed by atoms with E-state index in [-0.39, 0.29) is 13.1 Å². The Hall–Kier alpha value is -1.24. The Balaban J connectivity index is 0.00000118. The van der Waals surface area contributed by atoms with Crippen LogP contribution in [0.25, 0.3) is 0 Å². The van der Waals surface area contributed by atoms with Crippen molar-refractivity contribution in [2.24, 2.45) is 9.98 Å². The summed E-state index contributed by atoms with van der Waals surface area (Å²) in [5.41, 5.74) is 13.4. The van der Waals surface area contributed by atoms with Crippen LogP contribution in [0.4, 0.5) is 11.4 Å². The number of benzene rings is 2. The average Bonchev–Trinajstić information content (AvgIpc) is 3.49. The summed E-state index contributed by atoms with van der Waals surface area (Å²) in [6.07, 6.45) is 12.5. The van der Waals surface area contributed by atoms with E-state index in [0.717, 1.165) is 72.7 Å².